The number of aliphatic hydroxyl groups excluding tert-OH is 2. The predicted molar refractivity (Wildman–Crippen MR) is 116 cm³/mol. The molecule has 0 radical (unpaired) electrons. The largest absolute Gasteiger partial charge is 0.396 e. The number of ketones is 1. The van der Waals surface area contributed by atoms with Crippen molar-refractivity contribution in [3.63, 3.8) is 0 Å². The summed E-state index contributed by atoms with van der Waals surface area (Å²) in [7, 11) is 0. The molecule has 0 aliphatic carbocycles. The minimum absolute atomic E-state index is 0.00154. The second kappa shape index (κ2) is 10.4. The molecule has 1 saturated heterocycles. The zero-order valence-electron chi connectivity index (χ0n) is 17.6. The lowest BCUT2D eigenvalue weighted by Crippen LogP contribution is -2.45. The number of hydrogen-bond donors (Lipinski definition) is 3. The Morgan fingerprint density at radius 2 is 2.09 bits per heavy atom. The topological polar surface area (TPSA) is 125 Å². The van der Waals surface area contributed by atoms with Gasteiger partial charge in [-0.2, -0.15) is 0 Å². The van der Waals surface area contributed by atoms with Gasteiger partial charge in [0.05, 0.1) is 31.1 Å². The van der Waals surface area contributed by atoms with Crippen molar-refractivity contribution < 1.29 is 23.8 Å². The minimum atomic E-state index is -0.672. The van der Waals surface area contributed by atoms with Gasteiger partial charge in [-0.15, -0.1) is 0 Å². The zero-order valence-corrected chi connectivity index (χ0v) is 17.6. The van der Waals surface area contributed by atoms with E-state index in [0.717, 1.165) is 6.20 Å². The average Bonchev–Trinajstić information content (AvgIpc) is 2.78. The number of benzene rings is 1. The van der Waals surface area contributed by atoms with Gasteiger partial charge in [0.15, 0.2) is 23.2 Å². The summed E-state index contributed by atoms with van der Waals surface area (Å²) in [4.78, 5) is 25.9. The van der Waals surface area contributed by atoms with Crippen LogP contribution in [0, 0.1) is 17.6 Å². The summed E-state index contributed by atoms with van der Waals surface area (Å²) in [5, 5.41) is 19.4. The van der Waals surface area contributed by atoms with Crippen LogP contribution in [0.25, 0.3) is 5.70 Å². The van der Waals surface area contributed by atoms with Gasteiger partial charge in [0.25, 0.3) is 0 Å². The second-order valence-corrected chi connectivity index (χ2v) is 7.56. The Bertz CT molecular complexity index is 1040. The first-order chi connectivity index (χ1) is 15.3. The smallest absolute Gasteiger partial charge is 0.183 e. The van der Waals surface area contributed by atoms with E-state index in [1.165, 1.54) is 19.1 Å². The van der Waals surface area contributed by atoms with E-state index in [-0.39, 0.29) is 48.5 Å². The van der Waals surface area contributed by atoms with Crippen LogP contribution in [0.15, 0.2) is 41.5 Å². The third kappa shape index (κ3) is 5.51. The van der Waals surface area contributed by atoms with Crippen LogP contribution in [0.4, 0.5) is 14.6 Å². The highest BCUT2D eigenvalue weighted by molar-refractivity contribution is 6.44. The van der Waals surface area contributed by atoms with E-state index in [9.17, 15) is 23.8 Å². The Hall–Kier alpha value is -3.24. The van der Waals surface area contributed by atoms with Crippen molar-refractivity contribution in [1.82, 2.24) is 9.97 Å². The molecule has 170 valence electrons. The fraction of sp³-hybridized carbons (Fsp3) is 0.364. The second-order valence-electron chi connectivity index (χ2n) is 7.56. The molecule has 0 amide bonds. The van der Waals surface area contributed by atoms with Gasteiger partial charge < -0.3 is 20.8 Å². The van der Waals surface area contributed by atoms with Crippen LogP contribution in [0.5, 0.6) is 0 Å². The Morgan fingerprint density at radius 1 is 1.34 bits per heavy atom. The number of Topliss-reactive ketones (excluding diaryl/α,β-unsaturated/α-hetero) is 1. The minimum Gasteiger partial charge on any atom is -0.396 e. The molecule has 1 aromatic carbocycles. The Labute approximate surface area is 184 Å². The van der Waals surface area contributed by atoms with E-state index in [1.807, 2.05) is 0 Å². The van der Waals surface area contributed by atoms with Crippen LogP contribution in [0.1, 0.15) is 24.7 Å². The SMILES string of the molecule is CC(=O)C(C=C(N)c1ncc(F)c(N2CCC(O)C(CO)C2)n1)=NCc1ccccc1F. The van der Waals surface area contributed by atoms with Crippen LogP contribution in [-0.4, -0.2) is 57.5 Å². The van der Waals surface area contributed by atoms with Gasteiger partial charge in [0.1, 0.15) is 11.5 Å². The standard InChI is InChI=1S/C22H25F2N5O3/c1-13(31)19(26-9-14-4-2-3-5-16(14)23)8-18(25)21-27-10-17(24)22(28-21)29-7-6-20(32)15(11-29)12-30/h2-5,8,10,15,20,30,32H,6-7,9,11-12,25H2,1H3. The van der Waals surface area contributed by atoms with Crippen molar-refractivity contribution in [2.24, 2.45) is 16.6 Å². The highest BCUT2D eigenvalue weighted by Gasteiger charge is 2.29. The van der Waals surface area contributed by atoms with Crippen LogP contribution < -0.4 is 10.6 Å². The molecule has 1 aliphatic rings. The lowest BCUT2D eigenvalue weighted by molar-refractivity contribution is -0.111. The van der Waals surface area contributed by atoms with Crippen LogP contribution >= 0.6 is 0 Å². The number of rotatable bonds is 7. The Morgan fingerprint density at radius 3 is 2.78 bits per heavy atom. The number of carbonyl (C=O) groups excluding carboxylic acids is 1. The fourth-order valence-corrected chi connectivity index (χ4v) is 3.38. The first-order valence-corrected chi connectivity index (χ1v) is 10.1. The summed E-state index contributed by atoms with van der Waals surface area (Å²) in [6.07, 6.45) is 1.93. The third-order valence-electron chi connectivity index (χ3n) is 5.24. The number of aromatic nitrogens is 2. The molecular formula is C22H25F2N5O3. The van der Waals surface area contributed by atoms with Crippen LogP contribution in [-0.2, 0) is 11.3 Å². The molecule has 32 heavy (non-hydrogen) atoms. The van der Waals surface area contributed by atoms with Gasteiger partial charge in [-0.3, -0.25) is 9.79 Å². The summed E-state index contributed by atoms with van der Waals surface area (Å²) in [6, 6.07) is 6.09. The van der Waals surface area contributed by atoms with Crippen molar-refractivity contribution in [2.75, 3.05) is 24.6 Å². The maximum atomic E-state index is 14.4. The molecule has 0 saturated carbocycles. The number of piperidine rings is 1. The number of aliphatic imine (C=N–C) groups is 1. The van der Waals surface area contributed by atoms with Crippen LogP contribution in [0.2, 0.25) is 0 Å². The Balaban J connectivity index is 1.86. The van der Waals surface area contributed by atoms with Crippen molar-refractivity contribution >= 4 is 23.0 Å². The molecule has 10 heteroatoms. The first kappa shape index (κ1) is 23.4. The van der Waals surface area contributed by atoms with E-state index in [2.05, 4.69) is 15.0 Å². The molecule has 0 bridgehead atoms. The summed E-state index contributed by atoms with van der Waals surface area (Å²) >= 11 is 0. The first-order valence-electron chi connectivity index (χ1n) is 10.1. The summed E-state index contributed by atoms with van der Waals surface area (Å²) in [6.45, 7) is 1.57. The summed E-state index contributed by atoms with van der Waals surface area (Å²) in [5.41, 5.74) is 6.38. The molecule has 4 N–H and O–H groups in total. The molecule has 1 fully saturated rings. The molecule has 2 atom stereocenters. The number of nitrogens with two attached hydrogens (primary N) is 1. The molecule has 1 aromatic heterocycles. The predicted octanol–water partition coefficient (Wildman–Crippen LogP) is 1.46. The maximum absolute atomic E-state index is 14.4. The van der Waals surface area contributed by atoms with E-state index in [0.29, 0.717) is 18.5 Å². The molecule has 1 aliphatic heterocycles. The summed E-state index contributed by atoms with van der Waals surface area (Å²) in [5.74, 6) is -1.94. The number of nitrogens with zero attached hydrogens (tertiary/aromatic N) is 4. The Kier molecular flexibility index (Phi) is 7.60. The van der Waals surface area contributed by atoms with Gasteiger partial charge in [-0.25, -0.2) is 18.7 Å². The fourth-order valence-electron chi connectivity index (χ4n) is 3.38. The molecule has 8 nitrogen and oxygen atoms in total. The van der Waals surface area contributed by atoms with E-state index in [1.54, 1.807) is 23.1 Å². The number of halogens is 2. The van der Waals surface area contributed by atoms with Gasteiger partial charge in [0.2, 0.25) is 0 Å². The van der Waals surface area contributed by atoms with E-state index < -0.39 is 23.7 Å². The molecule has 2 unspecified atom stereocenters. The monoisotopic (exact) mass is 445 g/mol. The molecule has 3 rings (SSSR count). The summed E-state index contributed by atoms with van der Waals surface area (Å²) < 4.78 is 28.2. The van der Waals surface area contributed by atoms with Gasteiger partial charge in [-0.05, 0) is 18.6 Å². The lowest BCUT2D eigenvalue weighted by atomic mass is 9.95. The molecule has 2 heterocycles. The van der Waals surface area contributed by atoms with E-state index in [4.69, 9.17) is 5.73 Å². The third-order valence-corrected chi connectivity index (χ3v) is 5.24. The number of aliphatic hydroxyl groups is 2. The number of anilines is 1. The van der Waals surface area contributed by atoms with Crippen molar-refractivity contribution in [1.29, 1.82) is 0 Å². The maximum Gasteiger partial charge on any atom is 0.183 e. The zero-order chi connectivity index (χ0) is 23.3. The molecular weight excluding hydrogens is 420 g/mol. The molecule has 0 spiro atoms. The van der Waals surface area contributed by atoms with Gasteiger partial charge in [0, 0.05) is 31.5 Å². The van der Waals surface area contributed by atoms with Crippen molar-refractivity contribution in [3.05, 3.63) is 59.6 Å². The normalized spacial score (nSPS) is 19.8. The number of allylic oxidation sites excluding steroid dienone is 1. The highest BCUT2D eigenvalue weighted by Crippen LogP contribution is 2.24. The number of carbonyl (C=O) groups is 1. The average molecular weight is 445 g/mol. The van der Waals surface area contributed by atoms with Gasteiger partial charge in [-0.1, -0.05) is 18.2 Å². The quantitative estimate of drug-likeness (QED) is 0.551. The van der Waals surface area contributed by atoms with Crippen molar-refractivity contribution in [3.8, 4) is 0 Å². The van der Waals surface area contributed by atoms with E-state index >= 15 is 0 Å². The van der Waals surface area contributed by atoms with Crippen LogP contribution in [0.3, 0.4) is 0 Å². The van der Waals surface area contributed by atoms with Crippen molar-refractivity contribution in [2.45, 2.75) is 26.0 Å². The number of hydrogen-bond acceptors (Lipinski definition) is 8. The molecule has 2 aromatic rings. The van der Waals surface area contributed by atoms with Gasteiger partial charge >= 0.3 is 0 Å². The lowest BCUT2D eigenvalue weighted by Gasteiger charge is -2.36. The highest BCUT2D eigenvalue weighted by atomic mass is 19.1.